The summed E-state index contributed by atoms with van der Waals surface area (Å²) in [5.41, 5.74) is 6.24. The van der Waals surface area contributed by atoms with E-state index in [0.717, 1.165) is 4.47 Å². The van der Waals surface area contributed by atoms with Crippen molar-refractivity contribution in [2.45, 2.75) is 10.6 Å². The van der Waals surface area contributed by atoms with Gasteiger partial charge in [-0.3, -0.25) is 4.21 Å². The Labute approximate surface area is 116 Å². The summed E-state index contributed by atoms with van der Waals surface area (Å²) in [5.74, 6) is -0.270. The Hall–Kier alpha value is -1.20. The van der Waals surface area contributed by atoms with Gasteiger partial charge in [0.25, 0.3) is 0 Å². The SMILES string of the molecule is Nc1ccc(CS(=O)c2ccc(Br)cc2)c(F)c1. The summed E-state index contributed by atoms with van der Waals surface area (Å²) in [5, 5.41) is 0. The first kappa shape index (κ1) is 13.2. The predicted octanol–water partition coefficient (Wildman–Crippen LogP) is 3.48. The molecule has 2 N–H and O–H groups in total. The Kier molecular flexibility index (Phi) is 4.14. The van der Waals surface area contributed by atoms with E-state index in [2.05, 4.69) is 15.9 Å². The highest BCUT2D eigenvalue weighted by Crippen LogP contribution is 2.19. The molecule has 0 aromatic heterocycles. The van der Waals surface area contributed by atoms with Crippen molar-refractivity contribution in [3.8, 4) is 0 Å². The first-order valence-electron chi connectivity index (χ1n) is 5.24. The third kappa shape index (κ3) is 3.17. The normalized spacial score (nSPS) is 12.3. The summed E-state index contributed by atoms with van der Waals surface area (Å²) in [4.78, 5) is 0.675. The number of benzene rings is 2. The monoisotopic (exact) mass is 327 g/mol. The summed E-state index contributed by atoms with van der Waals surface area (Å²) >= 11 is 3.31. The maximum Gasteiger partial charge on any atom is 0.129 e. The van der Waals surface area contributed by atoms with E-state index in [9.17, 15) is 8.60 Å². The van der Waals surface area contributed by atoms with Crippen molar-refractivity contribution >= 4 is 32.4 Å². The van der Waals surface area contributed by atoms with Crippen LogP contribution in [0.3, 0.4) is 0 Å². The van der Waals surface area contributed by atoms with Crippen LogP contribution in [0.5, 0.6) is 0 Å². The van der Waals surface area contributed by atoms with Crippen molar-refractivity contribution in [2.75, 3.05) is 5.73 Å². The fourth-order valence-corrected chi connectivity index (χ4v) is 2.88. The van der Waals surface area contributed by atoms with Crippen molar-refractivity contribution in [1.29, 1.82) is 0 Å². The van der Waals surface area contributed by atoms with Gasteiger partial charge in [-0.2, -0.15) is 0 Å². The number of rotatable bonds is 3. The Morgan fingerprint density at radius 1 is 1.17 bits per heavy atom. The van der Waals surface area contributed by atoms with Crippen molar-refractivity contribution in [2.24, 2.45) is 0 Å². The van der Waals surface area contributed by atoms with Gasteiger partial charge in [-0.05, 0) is 36.4 Å². The van der Waals surface area contributed by atoms with E-state index in [1.165, 1.54) is 6.07 Å². The molecule has 0 saturated carbocycles. The summed E-state index contributed by atoms with van der Waals surface area (Å²) < 4.78 is 26.5. The molecule has 2 aromatic rings. The molecule has 94 valence electrons. The fraction of sp³-hybridized carbons (Fsp3) is 0.0769. The second-order valence-electron chi connectivity index (χ2n) is 3.79. The molecule has 0 heterocycles. The zero-order valence-electron chi connectivity index (χ0n) is 9.40. The fourth-order valence-electron chi connectivity index (χ4n) is 1.49. The van der Waals surface area contributed by atoms with Gasteiger partial charge in [-0.15, -0.1) is 0 Å². The molecular weight excluding hydrogens is 317 g/mol. The van der Waals surface area contributed by atoms with Crippen LogP contribution < -0.4 is 5.73 Å². The van der Waals surface area contributed by atoms with E-state index in [4.69, 9.17) is 5.73 Å². The Balaban J connectivity index is 2.18. The molecule has 0 saturated heterocycles. The van der Waals surface area contributed by atoms with E-state index < -0.39 is 16.6 Å². The first-order chi connectivity index (χ1) is 8.56. The van der Waals surface area contributed by atoms with Gasteiger partial charge in [0.15, 0.2) is 0 Å². The molecule has 0 aliphatic carbocycles. The second-order valence-corrected chi connectivity index (χ2v) is 6.16. The maximum atomic E-state index is 13.6. The zero-order chi connectivity index (χ0) is 13.1. The third-order valence-electron chi connectivity index (χ3n) is 2.44. The minimum Gasteiger partial charge on any atom is -0.399 e. The van der Waals surface area contributed by atoms with Gasteiger partial charge < -0.3 is 5.73 Å². The molecule has 0 aliphatic rings. The van der Waals surface area contributed by atoms with E-state index in [1.54, 1.807) is 24.3 Å². The van der Waals surface area contributed by atoms with Crippen LogP contribution in [0.2, 0.25) is 0 Å². The number of hydrogen-bond donors (Lipinski definition) is 1. The maximum absolute atomic E-state index is 13.6. The Bertz CT molecular complexity index is 586. The van der Waals surface area contributed by atoms with Crippen LogP contribution in [0, 0.1) is 5.82 Å². The van der Waals surface area contributed by atoms with Crippen LogP contribution in [0.25, 0.3) is 0 Å². The van der Waals surface area contributed by atoms with Gasteiger partial charge in [0.1, 0.15) is 5.82 Å². The van der Waals surface area contributed by atoms with Crippen LogP contribution in [0.15, 0.2) is 51.8 Å². The molecule has 18 heavy (non-hydrogen) atoms. The largest absolute Gasteiger partial charge is 0.399 e. The summed E-state index contributed by atoms with van der Waals surface area (Å²) in [6.07, 6.45) is 0. The average Bonchev–Trinajstić information content (AvgIpc) is 2.33. The highest BCUT2D eigenvalue weighted by molar-refractivity contribution is 9.10. The number of anilines is 1. The standard InChI is InChI=1S/C13H11BrFNOS/c14-10-2-5-12(6-3-10)18(17)8-9-1-4-11(16)7-13(9)15/h1-7H,8,16H2. The molecule has 2 rings (SSSR count). The van der Waals surface area contributed by atoms with Gasteiger partial charge in [-0.25, -0.2) is 4.39 Å². The lowest BCUT2D eigenvalue weighted by atomic mass is 10.2. The quantitative estimate of drug-likeness (QED) is 0.877. The lowest BCUT2D eigenvalue weighted by molar-refractivity contribution is 0.616. The second kappa shape index (κ2) is 5.63. The van der Waals surface area contributed by atoms with Gasteiger partial charge in [0.2, 0.25) is 0 Å². The summed E-state index contributed by atoms with van der Waals surface area (Å²) in [6.45, 7) is 0. The smallest absolute Gasteiger partial charge is 0.129 e. The summed E-state index contributed by atoms with van der Waals surface area (Å²) in [6, 6.07) is 11.6. The van der Waals surface area contributed by atoms with Gasteiger partial charge >= 0.3 is 0 Å². The minimum absolute atomic E-state index is 0.147. The van der Waals surface area contributed by atoms with Crippen LogP contribution in [0.4, 0.5) is 10.1 Å². The molecule has 0 radical (unpaired) electrons. The number of halogens is 2. The topological polar surface area (TPSA) is 43.1 Å². The molecule has 0 bridgehead atoms. The number of hydrogen-bond acceptors (Lipinski definition) is 2. The lowest BCUT2D eigenvalue weighted by Crippen LogP contribution is -2.00. The molecule has 0 amide bonds. The van der Waals surface area contributed by atoms with Crippen molar-refractivity contribution in [3.05, 3.63) is 58.3 Å². The average molecular weight is 328 g/mol. The van der Waals surface area contributed by atoms with Crippen molar-refractivity contribution in [3.63, 3.8) is 0 Å². The number of nitrogen functional groups attached to an aromatic ring is 1. The highest BCUT2D eigenvalue weighted by Gasteiger charge is 2.09. The molecular formula is C13H11BrFNOS. The minimum atomic E-state index is -1.26. The van der Waals surface area contributed by atoms with E-state index in [1.807, 2.05) is 12.1 Å². The van der Waals surface area contributed by atoms with Gasteiger partial charge in [0, 0.05) is 20.6 Å². The Morgan fingerprint density at radius 2 is 1.83 bits per heavy atom. The molecule has 1 unspecified atom stereocenters. The van der Waals surface area contributed by atoms with Crippen molar-refractivity contribution in [1.82, 2.24) is 0 Å². The lowest BCUT2D eigenvalue weighted by Gasteiger charge is -2.05. The molecule has 5 heteroatoms. The molecule has 2 nitrogen and oxygen atoms in total. The predicted molar refractivity (Wildman–Crippen MR) is 75.1 cm³/mol. The van der Waals surface area contributed by atoms with E-state index in [0.29, 0.717) is 16.1 Å². The molecule has 0 fully saturated rings. The summed E-state index contributed by atoms with van der Waals surface area (Å²) in [7, 11) is -1.26. The first-order valence-corrected chi connectivity index (χ1v) is 7.35. The number of nitrogens with two attached hydrogens (primary N) is 1. The van der Waals surface area contributed by atoms with Crippen LogP contribution >= 0.6 is 15.9 Å². The van der Waals surface area contributed by atoms with Crippen molar-refractivity contribution < 1.29 is 8.60 Å². The van der Waals surface area contributed by atoms with Gasteiger partial charge in [0.05, 0.1) is 16.6 Å². The van der Waals surface area contributed by atoms with Gasteiger partial charge in [-0.1, -0.05) is 22.0 Å². The highest BCUT2D eigenvalue weighted by atomic mass is 79.9. The molecule has 0 aliphatic heterocycles. The van der Waals surface area contributed by atoms with Crippen LogP contribution in [-0.2, 0) is 16.6 Å². The van der Waals surface area contributed by atoms with Crippen LogP contribution in [-0.4, -0.2) is 4.21 Å². The molecule has 0 spiro atoms. The molecule has 2 aromatic carbocycles. The van der Waals surface area contributed by atoms with E-state index in [-0.39, 0.29) is 5.75 Å². The van der Waals surface area contributed by atoms with E-state index >= 15 is 0 Å². The zero-order valence-corrected chi connectivity index (χ0v) is 11.8. The molecule has 1 atom stereocenters. The van der Waals surface area contributed by atoms with Crippen LogP contribution in [0.1, 0.15) is 5.56 Å². The Morgan fingerprint density at radius 3 is 2.44 bits per heavy atom. The third-order valence-corrected chi connectivity index (χ3v) is 4.34.